The molecule has 19 heavy (non-hydrogen) atoms. The van der Waals surface area contributed by atoms with E-state index in [0.717, 1.165) is 24.3 Å². The first-order valence-corrected chi connectivity index (χ1v) is 7.37. The highest BCUT2D eigenvalue weighted by atomic mass is 16.5. The summed E-state index contributed by atoms with van der Waals surface area (Å²) in [6.07, 6.45) is 7.97. The Morgan fingerprint density at radius 1 is 1.00 bits per heavy atom. The van der Waals surface area contributed by atoms with Crippen molar-refractivity contribution in [3.63, 3.8) is 0 Å². The summed E-state index contributed by atoms with van der Waals surface area (Å²) in [4.78, 5) is 0. The minimum atomic E-state index is 0.146. The zero-order valence-electron chi connectivity index (χ0n) is 12.0. The van der Waals surface area contributed by atoms with Crippen LogP contribution in [0.4, 0.5) is 5.69 Å². The van der Waals surface area contributed by atoms with Gasteiger partial charge >= 0.3 is 0 Å². The van der Waals surface area contributed by atoms with Crippen molar-refractivity contribution < 1.29 is 9.47 Å². The van der Waals surface area contributed by atoms with Gasteiger partial charge in [0, 0.05) is 23.9 Å². The molecule has 1 saturated carbocycles. The predicted molar refractivity (Wildman–Crippen MR) is 78.7 cm³/mol. The number of hydrogen-bond donors (Lipinski definition) is 1. The summed E-state index contributed by atoms with van der Waals surface area (Å²) in [6, 6.07) is 5.68. The highest BCUT2D eigenvalue weighted by molar-refractivity contribution is 5.50. The second-order valence-corrected chi connectivity index (χ2v) is 5.64. The summed E-state index contributed by atoms with van der Waals surface area (Å²) in [5.74, 6) is 1.63. The molecule has 1 aliphatic carbocycles. The van der Waals surface area contributed by atoms with Crippen molar-refractivity contribution in [1.82, 2.24) is 0 Å². The quantitative estimate of drug-likeness (QED) is 0.655. The number of ether oxygens (including phenoxy) is 2. The average molecular weight is 263 g/mol. The van der Waals surface area contributed by atoms with Crippen molar-refractivity contribution in [1.29, 1.82) is 0 Å². The molecule has 1 fully saturated rings. The Labute approximate surface area is 116 Å². The van der Waals surface area contributed by atoms with E-state index in [0.29, 0.717) is 11.8 Å². The number of hydrogen-bond acceptors (Lipinski definition) is 3. The molecule has 1 aromatic carbocycles. The number of rotatable bonds is 4. The highest BCUT2D eigenvalue weighted by Crippen LogP contribution is 2.28. The van der Waals surface area contributed by atoms with Gasteiger partial charge < -0.3 is 15.2 Å². The van der Waals surface area contributed by atoms with Crippen LogP contribution in [0.5, 0.6) is 11.5 Å². The molecule has 0 heterocycles. The number of anilines is 1. The lowest BCUT2D eigenvalue weighted by Gasteiger charge is -2.18. The largest absolute Gasteiger partial charge is 0.491 e. The van der Waals surface area contributed by atoms with E-state index in [9.17, 15) is 0 Å². The Bertz CT molecular complexity index is 396. The molecule has 2 N–H and O–H groups in total. The normalized spacial score (nSPS) is 17.2. The molecule has 106 valence electrons. The topological polar surface area (TPSA) is 44.5 Å². The second-order valence-electron chi connectivity index (χ2n) is 5.64. The first-order chi connectivity index (χ1) is 9.13. The Balaban J connectivity index is 2.04. The van der Waals surface area contributed by atoms with Crippen molar-refractivity contribution in [2.45, 2.75) is 64.6 Å². The zero-order chi connectivity index (χ0) is 13.7. The molecule has 3 nitrogen and oxygen atoms in total. The van der Waals surface area contributed by atoms with Gasteiger partial charge in [-0.1, -0.05) is 12.8 Å². The minimum Gasteiger partial charge on any atom is -0.491 e. The third kappa shape index (κ3) is 4.66. The van der Waals surface area contributed by atoms with E-state index in [-0.39, 0.29) is 6.10 Å². The van der Waals surface area contributed by atoms with Crippen LogP contribution in [0.2, 0.25) is 0 Å². The first kappa shape index (κ1) is 14.0. The van der Waals surface area contributed by atoms with Crippen LogP contribution in [-0.2, 0) is 0 Å². The van der Waals surface area contributed by atoms with E-state index >= 15 is 0 Å². The van der Waals surface area contributed by atoms with Crippen molar-refractivity contribution in [3.8, 4) is 11.5 Å². The molecular formula is C16H25NO2. The fraction of sp³-hybridized carbons (Fsp3) is 0.625. The molecule has 0 unspecified atom stereocenters. The maximum absolute atomic E-state index is 6.08. The van der Waals surface area contributed by atoms with Gasteiger partial charge in [-0.15, -0.1) is 0 Å². The molecule has 1 aliphatic rings. The van der Waals surface area contributed by atoms with Crippen LogP contribution in [0, 0.1) is 0 Å². The van der Waals surface area contributed by atoms with E-state index in [1.165, 1.54) is 25.7 Å². The number of benzene rings is 1. The number of nitrogen functional groups attached to an aromatic ring is 1. The molecule has 0 aromatic heterocycles. The molecule has 0 bridgehead atoms. The van der Waals surface area contributed by atoms with Gasteiger partial charge in [-0.2, -0.15) is 0 Å². The van der Waals surface area contributed by atoms with E-state index in [2.05, 4.69) is 0 Å². The van der Waals surface area contributed by atoms with Gasteiger partial charge in [0.2, 0.25) is 0 Å². The third-order valence-electron chi connectivity index (χ3n) is 3.38. The molecule has 3 heteroatoms. The molecule has 0 amide bonds. The Kier molecular flexibility index (Phi) is 4.94. The summed E-state index contributed by atoms with van der Waals surface area (Å²) in [5.41, 5.74) is 6.61. The standard InChI is InChI=1S/C16H25NO2/c1-12(2)18-15-9-13(17)10-16(11-15)19-14-7-5-3-4-6-8-14/h9-12,14H,3-8,17H2,1-2H3. The summed E-state index contributed by atoms with van der Waals surface area (Å²) < 4.78 is 11.8. The Morgan fingerprint density at radius 2 is 1.63 bits per heavy atom. The first-order valence-electron chi connectivity index (χ1n) is 7.37. The summed E-state index contributed by atoms with van der Waals surface area (Å²) in [5, 5.41) is 0. The second kappa shape index (κ2) is 6.69. The van der Waals surface area contributed by atoms with Gasteiger partial charge in [-0.05, 0) is 39.5 Å². The van der Waals surface area contributed by atoms with Crippen LogP contribution in [0.3, 0.4) is 0 Å². The lowest BCUT2D eigenvalue weighted by Crippen LogP contribution is -2.15. The lowest BCUT2D eigenvalue weighted by atomic mass is 10.1. The van der Waals surface area contributed by atoms with Gasteiger partial charge in [0.15, 0.2) is 0 Å². The van der Waals surface area contributed by atoms with Crippen LogP contribution in [0.15, 0.2) is 18.2 Å². The minimum absolute atomic E-state index is 0.146. The highest BCUT2D eigenvalue weighted by Gasteiger charge is 2.14. The van der Waals surface area contributed by atoms with Crippen LogP contribution in [0.1, 0.15) is 52.4 Å². The summed E-state index contributed by atoms with van der Waals surface area (Å²) in [7, 11) is 0. The lowest BCUT2D eigenvalue weighted by molar-refractivity contribution is 0.181. The molecule has 0 atom stereocenters. The van der Waals surface area contributed by atoms with Crippen molar-refractivity contribution >= 4 is 5.69 Å². The van der Waals surface area contributed by atoms with Crippen molar-refractivity contribution in [3.05, 3.63) is 18.2 Å². The van der Waals surface area contributed by atoms with Gasteiger partial charge in [-0.3, -0.25) is 0 Å². The number of nitrogens with two attached hydrogens (primary N) is 1. The fourth-order valence-corrected chi connectivity index (χ4v) is 2.55. The third-order valence-corrected chi connectivity index (χ3v) is 3.38. The molecule has 1 aromatic rings. The van der Waals surface area contributed by atoms with Crippen LogP contribution >= 0.6 is 0 Å². The van der Waals surface area contributed by atoms with Crippen molar-refractivity contribution in [2.24, 2.45) is 0 Å². The average Bonchev–Trinajstić information content (AvgIpc) is 2.55. The monoisotopic (exact) mass is 263 g/mol. The van der Waals surface area contributed by atoms with Gasteiger partial charge in [-0.25, -0.2) is 0 Å². The maximum atomic E-state index is 6.08. The van der Waals surface area contributed by atoms with Gasteiger partial charge in [0.25, 0.3) is 0 Å². The van der Waals surface area contributed by atoms with Crippen LogP contribution < -0.4 is 15.2 Å². The molecule has 0 spiro atoms. The van der Waals surface area contributed by atoms with E-state index in [1.54, 1.807) is 0 Å². The van der Waals surface area contributed by atoms with Gasteiger partial charge in [0.05, 0.1) is 12.2 Å². The molecule has 0 saturated heterocycles. The summed E-state index contributed by atoms with van der Waals surface area (Å²) >= 11 is 0. The molecule has 0 radical (unpaired) electrons. The fourth-order valence-electron chi connectivity index (χ4n) is 2.55. The molecule has 0 aliphatic heterocycles. The SMILES string of the molecule is CC(C)Oc1cc(N)cc(OC2CCCCCC2)c1. The molecule has 2 rings (SSSR count). The van der Waals surface area contributed by atoms with E-state index in [4.69, 9.17) is 15.2 Å². The molecular weight excluding hydrogens is 238 g/mol. The summed E-state index contributed by atoms with van der Waals surface area (Å²) in [6.45, 7) is 4.02. The van der Waals surface area contributed by atoms with E-state index < -0.39 is 0 Å². The van der Waals surface area contributed by atoms with Crippen LogP contribution in [0.25, 0.3) is 0 Å². The smallest absolute Gasteiger partial charge is 0.125 e. The van der Waals surface area contributed by atoms with Crippen LogP contribution in [-0.4, -0.2) is 12.2 Å². The van der Waals surface area contributed by atoms with Gasteiger partial charge in [0.1, 0.15) is 11.5 Å². The predicted octanol–water partition coefficient (Wildman–Crippen LogP) is 4.16. The Hall–Kier alpha value is -1.38. The van der Waals surface area contributed by atoms with E-state index in [1.807, 2.05) is 32.0 Å². The van der Waals surface area contributed by atoms with Crippen molar-refractivity contribution in [2.75, 3.05) is 5.73 Å². The zero-order valence-corrected chi connectivity index (χ0v) is 12.0. The maximum Gasteiger partial charge on any atom is 0.125 e. The Morgan fingerprint density at radius 3 is 2.26 bits per heavy atom.